The number of carbonyl (C=O) groups excluding carboxylic acids is 3. The maximum atomic E-state index is 12.8. The molecule has 0 saturated carbocycles. The lowest BCUT2D eigenvalue weighted by Gasteiger charge is -2.28. The summed E-state index contributed by atoms with van der Waals surface area (Å²) >= 11 is 1.23. The molecule has 1 atom stereocenters. The van der Waals surface area contributed by atoms with Gasteiger partial charge in [-0.25, -0.2) is 9.79 Å². The highest BCUT2D eigenvalue weighted by Crippen LogP contribution is 2.29. The van der Waals surface area contributed by atoms with Crippen LogP contribution < -0.4 is 10.1 Å². The normalized spacial score (nSPS) is 17.1. The second-order valence-corrected chi connectivity index (χ2v) is 8.46. The molecule has 174 valence electrons. The summed E-state index contributed by atoms with van der Waals surface area (Å²) in [6.07, 6.45) is 0.991. The van der Waals surface area contributed by atoms with Crippen LogP contribution >= 0.6 is 11.8 Å². The number of nitrogens with zero attached hydrogens (tertiary/aromatic N) is 2. The van der Waals surface area contributed by atoms with E-state index in [0.29, 0.717) is 35.3 Å². The van der Waals surface area contributed by atoms with Crippen LogP contribution in [0.25, 0.3) is 0 Å². The maximum Gasteiger partial charge on any atom is 0.338 e. The Hall–Kier alpha value is -3.33. The fourth-order valence-corrected chi connectivity index (χ4v) is 4.04. The second kappa shape index (κ2) is 11.5. The van der Waals surface area contributed by atoms with Gasteiger partial charge in [-0.1, -0.05) is 18.7 Å². The van der Waals surface area contributed by atoms with Crippen molar-refractivity contribution in [3.05, 3.63) is 54.1 Å². The van der Waals surface area contributed by atoms with Gasteiger partial charge in [0.25, 0.3) is 0 Å². The number of thioether (sulfide) groups is 1. The Morgan fingerprint density at radius 3 is 2.45 bits per heavy atom. The monoisotopic (exact) mass is 469 g/mol. The SMILES string of the molecule is CCCOc1ccc(NC(=O)C2CC(=O)N(C)C(=Nc3ccc(C(=O)OCC)cc3)S2)cc1. The number of rotatable bonds is 8. The molecule has 1 fully saturated rings. The van der Waals surface area contributed by atoms with Crippen molar-refractivity contribution >= 4 is 46.1 Å². The first kappa shape index (κ1) is 24.3. The summed E-state index contributed by atoms with van der Waals surface area (Å²) < 4.78 is 10.5. The Bertz CT molecular complexity index is 1020. The number of amides is 2. The van der Waals surface area contributed by atoms with E-state index < -0.39 is 11.2 Å². The van der Waals surface area contributed by atoms with Gasteiger partial charge in [0.05, 0.1) is 24.5 Å². The molecule has 1 aliphatic heterocycles. The number of benzene rings is 2. The first-order chi connectivity index (χ1) is 15.9. The number of nitrogens with one attached hydrogen (secondary N) is 1. The van der Waals surface area contributed by atoms with Gasteiger partial charge in [-0.2, -0.15) is 0 Å². The largest absolute Gasteiger partial charge is 0.494 e. The van der Waals surface area contributed by atoms with E-state index in [1.54, 1.807) is 62.5 Å². The van der Waals surface area contributed by atoms with E-state index in [-0.39, 0.29) is 18.2 Å². The highest BCUT2D eigenvalue weighted by atomic mass is 32.2. The Balaban J connectivity index is 1.68. The van der Waals surface area contributed by atoms with Crippen molar-refractivity contribution in [1.82, 2.24) is 4.90 Å². The van der Waals surface area contributed by atoms with Crippen LogP contribution in [0.1, 0.15) is 37.0 Å². The van der Waals surface area contributed by atoms with E-state index in [1.807, 2.05) is 6.92 Å². The third-order valence-electron chi connectivity index (χ3n) is 4.76. The average Bonchev–Trinajstić information content (AvgIpc) is 2.82. The van der Waals surface area contributed by atoms with Gasteiger partial charge in [-0.05, 0) is 61.9 Å². The van der Waals surface area contributed by atoms with Crippen molar-refractivity contribution in [2.24, 2.45) is 4.99 Å². The molecule has 33 heavy (non-hydrogen) atoms. The predicted molar refractivity (Wildman–Crippen MR) is 129 cm³/mol. The molecule has 1 aliphatic rings. The number of hydrogen-bond donors (Lipinski definition) is 1. The molecule has 2 aromatic rings. The number of amidine groups is 1. The zero-order chi connectivity index (χ0) is 23.8. The fourth-order valence-electron chi connectivity index (χ4n) is 2.97. The van der Waals surface area contributed by atoms with Gasteiger partial charge in [0.15, 0.2) is 5.17 Å². The maximum absolute atomic E-state index is 12.8. The molecule has 2 amide bonds. The van der Waals surface area contributed by atoms with Crippen LogP contribution in [0.15, 0.2) is 53.5 Å². The van der Waals surface area contributed by atoms with Crippen molar-refractivity contribution in [2.75, 3.05) is 25.6 Å². The van der Waals surface area contributed by atoms with Gasteiger partial charge in [-0.3, -0.25) is 14.5 Å². The molecule has 9 heteroatoms. The third-order valence-corrected chi connectivity index (χ3v) is 6.00. The Morgan fingerprint density at radius 1 is 1.12 bits per heavy atom. The van der Waals surface area contributed by atoms with Crippen LogP contribution in [0, 0.1) is 0 Å². The molecule has 0 aromatic heterocycles. The van der Waals surface area contributed by atoms with Gasteiger partial charge in [0, 0.05) is 19.2 Å². The van der Waals surface area contributed by atoms with Crippen molar-refractivity contribution in [3.8, 4) is 5.75 Å². The van der Waals surface area contributed by atoms with Crippen LogP contribution in [-0.2, 0) is 14.3 Å². The molecule has 1 saturated heterocycles. The van der Waals surface area contributed by atoms with Gasteiger partial charge >= 0.3 is 5.97 Å². The third kappa shape index (κ3) is 6.58. The number of ether oxygens (including phenoxy) is 2. The molecule has 0 bridgehead atoms. The van der Waals surface area contributed by atoms with Crippen molar-refractivity contribution in [2.45, 2.75) is 31.9 Å². The van der Waals surface area contributed by atoms with E-state index >= 15 is 0 Å². The quantitative estimate of drug-likeness (QED) is 0.581. The molecule has 8 nitrogen and oxygen atoms in total. The molecule has 1 unspecified atom stereocenters. The summed E-state index contributed by atoms with van der Waals surface area (Å²) in [4.78, 5) is 43.1. The number of anilines is 1. The summed E-state index contributed by atoms with van der Waals surface area (Å²) in [5.74, 6) is -0.132. The predicted octanol–water partition coefficient (Wildman–Crippen LogP) is 4.24. The van der Waals surface area contributed by atoms with E-state index in [1.165, 1.54) is 16.7 Å². The molecule has 1 heterocycles. The van der Waals surface area contributed by atoms with E-state index in [9.17, 15) is 14.4 Å². The van der Waals surface area contributed by atoms with Crippen molar-refractivity contribution < 1.29 is 23.9 Å². The summed E-state index contributed by atoms with van der Waals surface area (Å²) in [5.41, 5.74) is 1.61. The molecule has 3 rings (SSSR count). The van der Waals surface area contributed by atoms with Crippen LogP contribution in [0.4, 0.5) is 11.4 Å². The summed E-state index contributed by atoms with van der Waals surface area (Å²) in [7, 11) is 1.63. The number of aliphatic imine (C=N–C) groups is 1. The van der Waals surface area contributed by atoms with Crippen LogP contribution in [0.3, 0.4) is 0 Å². The van der Waals surface area contributed by atoms with Gasteiger partial charge in [-0.15, -0.1) is 0 Å². The molecule has 0 spiro atoms. The number of carbonyl (C=O) groups is 3. The molecule has 0 radical (unpaired) electrons. The highest BCUT2D eigenvalue weighted by molar-refractivity contribution is 8.15. The minimum Gasteiger partial charge on any atom is -0.494 e. The lowest BCUT2D eigenvalue weighted by Crippen LogP contribution is -2.43. The van der Waals surface area contributed by atoms with Crippen molar-refractivity contribution in [3.63, 3.8) is 0 Å². The minimum atomic E-state index is -0.609. The first-order valence-electron chi connectivity index (χ1n) is 10.7. The lowest BCUT2D eigenvalue weighted by atomic mass is 10.2. The Kier molecular flexibility index (Phi) is 8.48. The second-order valence-electron chi connectivity index (χ2n) is 7.29. The van der Waals surface area contributed by atoms with Crippen molar-refractivity contribution in [1.29, 1.82) is 0 Å². The smallest absolute Gasteiger partial charge is 0.338 e. The molecule has 0 aliphatic carbocycles. The summed E-state index contributed by atoms with van der Waals surface area (Å²) in [5, 5.41) is 2.66. The first-order valence-corrected chi connectivity index (χ1v) is 11.6. The van der Waals surface area contributed by atoms with Crippen LogP contribution in [0.5, 0.6) is 5.75 Å². The summed E-state index contributed by atoms with van der Waals surface area (Å²) in [6, 6.07) is 13.7. The van der Waals surface area contributed by atoms with Gasteiger partial charge in [0.1, 0.15) is 11.0 Å². The molecular weight excluding hydrogens is 442 g/mol. The standard InChI is InChI=1S/C24H27N3O5S/c1-4-14-32-19-12-10-17(11-13-19)25-22(29)20-15-21(28)27(3)24(33-20)26-18-8-6-16(7-9-18)23(30)31-5-2/h6-13,20H,4-5,14-15H2,1-3H3,(H,25,29). The van der Waals surface area contributed by atoms with E-state index in [0.717, 1.165) is 12.2 Å². The summed E-state index contributed by atoms with van der Waals surface area (Å²) in [6.45, 7) is 4.71. The Morgan fingerprint density at radius 2 is 1.82 bits per heavy atom. The Labute approximate surface area is 197 Å². The fraction of sp³-hybridized carbons (Fsp3) is 0.333. The van der Waals surface area contributed by atoms with Gasteiger partial charge in [0.2, 0.25) is 11.8 Å². The van der Waals surface area contributed by atoms with Crippen LogP contribution in [-0.4, -0.2) is 53.4 Å². The average molecular weight is 470 g/mol. The molecular formula is C24H27N3O5S. The number of hydrogen-bond acceptors (Lipinski definition) is 7. The van der Waals surface area contributed by atoms with Gasteiger partial charge < -0.3 is 14.8 Å². The van der Waals surface area contributed by atoms with E-state index in [2.05, 4.69) is 10.3 Å². The zero-order valence-corrected chi connectivity index (χ0v) is 19.7. The molecule has 1 N–H and O–H groups in total. The van der Waals surface area contributed by atoms with Crippen LogP contribution in [0.2, 0.25) is 0 Å². The zero-order valence-electron chi connectivity index (χ0n) is 18.9. The minimum absolute atomic E-state index is 0.0749. The molecule has 2 aromatic carbocycles. The number of esters is 1. The van der Waals surface area contributed by atoms with E-state index in [4.69, 9.17) is 9.47 Å². The highest BCUT2D eigenvalue weighted by Gasteiger charge is 2.34. The lowest BCUT2D eigenvalue weighted by molar-refractivity contribution is -0.128. The topological polar surface area (TPSA) is 97.3 Å².